The second kappa shape index (κ2) is 9.91. The highest BCUT2D eigenvalue weighted by molar-refractivity contribution is 6.31. The Balaban J connectivity index is 0.00000274. The normalized spacial score (nSPS) is 19.9. The van der Waals surface area contributed by atoms with Gasteiger partial charge in [0.1, 0.15) is 5.82 Å². The molecule has 0 aliphatic carbocycles. The van der Waals surface area contributed by atoms with Crippen molar-refractivity contribution in [2.45, 2.75) is 25.3 Å². The molecule has 6 heteroatoms. The van der Waals surface area contributed by atoms with Gasteiger partial charge in [0.15, 0.2) is 0 Å². The minimum absolute atomic E-state index is 0. The number of aryl methyl sites for hydroxylation is 1. The van der Waals surface area contributed by atoms with Crippen molar-refractivity contribution >= 4 is 47.3 Å². The Hall–Kier alpha value is -2.66. The number of rotatable bonds is 3. The molecule has 2 unspecified atom stereocenters. The summed E-state index contributed by atoms with van der Waals surface area (Å²) in [5, 5.41) is 0.639. The first-order valence-corrected chi connectivity index (χ1v) is 11.6. The molecule has 176 valence electrons. The van der Waals surface area contributed by atoms with Gasteiger partial charge in [-0.15, -0.1) is 12.4 Å². The van der Waals surface area contributed by atoms with Crippen LogP contribution in [0.1, 0.15) is 34.6 Å². The lowest BCUT2D eigenvalue weighted by Crippen LogP contribution is -2.47. The summed E-state index contributed by atoms with van der Waals surface area (Å²) in [5.74, 6) is -0.0965. The van der Waals surface area contributed by atoms with Gasteiger partial charge in [0.25, 0.3) is 5.91 Å². The van der Waals surface area contributed by atoms with Crippen LogP contribution in [0.4, 0.5) is 10.1 Å². The molecular formula is C28H27Cl2FN2O. The smallest absolute Gasteiger partial charge is 0.259 e. The highest BCUT2D eigenvalue weighted by atomic mass is 35.5. The van der Waals surface area contributed by atoms with E-state index in [1.807, 2.05) is 23.1 Å². The zero-order valence-corrected chi connectivity index (χ0v) is 20.7. The molecule has 5 rings (SSSR count). The van der Waals surface area contributed by atoms with Crippen LogP contribution in [0, 0.1) is 12.7 Å². The van der Waals surface area contributed by atoms with Crippen LogP contribution in [0.2, 0.25) is 5.02 Å². The van der Waals surface area contributed by atoms with Gasteiger partial charge < -0.3 is 9.80 Å². The van der Waals surface area contributed by atoms with Gasteiger partial charge in [0.05, 0.1) is 0 Å². The van der Waals surface area contributed by atoms with E-state index in [0.717, 1.165) is 30.8 Å². The van der Waals surface area contributed by atoms with Crippen LogP contribution in [-0.2, 0) is 4.79 Å². The Morgan fingerprint density at radius 2 is 1.76 bits per heavy atom. The molecule has 1 amide bonds. The van der Waals surface area contributed by atoms with Crippen LogP contribution in [0.5, 0.6) is 0 Å². The van der Waals surface area contributed by atoms with E-state index in [2.05, 4.69) is 37.1 Å². The van der Waals surface area contributed by atoms with E-state index in [1.54, 1.807) is 24.3 Å². The molecule has 1 fully saturated rings. The van der Waals surface area contributed by atoms with Crippen molar-refractivity contribution in [2.75, 3.05) is 25.0 Å². The second-order valence-corrected chi connectivity index (χ2v) is 9.52. The molecule has 2 aliphatic rings. The van der Waals surface area contributed by atoms with Gasteiger partial charge in [-0.3, -0.25) is 4.79 Å². The standard InChI is InChI=1S/C28H26ClFN2O.ClH/c1-18-3-12-26-24(15-18)25-17-31(2)14-13-27(25)32(26)28(33)23(20-6-10-22(30)11-7-20)16-19-4-8-21(29)9-5-19;/h3-12,15-16,25,27H,13-14,17H2,1-2H3;1H/b23-16+;. The highest BCUT2D eigenvalue weighted by Gasteiger charge is 2.44. The van der Waals surface area contributed by atoms with E-state index in [0.29, 0.717) is 16.2 Å². The Morgan fingerprint density at radius 3 is 2.47 bits per heavy atom. The molecule has 3 aromatic rings. The zero-order chi connectivity index (χ0) is 23.1. The summed E-state index contributed by atoms with van der Waals surface area (Å²) in [6.07, 6.45) is 2.79. The van der Waals surface area contributed by atoms with Crippen LogP contribution >= 0.6 is 24.0 Å². The third kappa shape index (κ3) is 4.63. The number of fused-ring (bicyclic) bond motifs is 3. The van der Waals surface area contributed by atoms with E-state index in [-0.39, 0.29) is 36.1 Å². The minimum Gasteiger partial charge on any atom is -0.306 e. The number of hydrogen-bond donors (Lipinski definition) is 0. The van der Waals surface area contributed by atoms with Crippen LogP contribution < -0.4 is 4.90 Å². The molecule has 34 heavy (non-hydrogen) atoms. The fourth-order valence-electron chi connectivity index (χ4n) is 5.10. The first-order valence-electron chi connectivity index (χ1n) is 11.3. The van der Waals surface area contributed by atoms with Crippen molar-refractivity contribution in [1.82, 2.24) is 4.90 Å². The predicted molar refractivity (Wildman–Crippen MR) is 140 cm³/mol. The summed E-state index contributed by atoms with van der Waals surface area (Å²) in [5.41, 5.74) is 5.54. The number of anilines is 1. The molecule has 0 N–H and O–H groups in total. The van der Waals surface area contributed by atoms with E-state index in [9.17, 15) is 9.18 Å². The molecule has 1 saturated heterocycles. The van der Waals surface area contributed by atoms with E-state index in [1.165, 1.54) is 23.3 Å². The number of likely N-dealkylation sites (N-methyl/N-ethyl adjacent to an activating group) is 1. The third-order valence-electron chi connectivity index (χ3n) is 6.74. The number of likely N-dealkylation sites (tertiary alicyclic amines) is 1. The third-order valence-corrected chi connectivity index (χ3v) is 6.99. The molecule has 3 aromatic carbocycles. The molecule has 0 bridgehead atoms. The molecule has 0 aromatic heterocycles. The molecule has 0 radical (unpaired) electrons. The Kier molecular flexibility index (Phi) is 7.13. The average Bonchev–Trinajstić information content (AvgIpc) is 3.12. The summed E-state index contributed by atoms with van der Waals surface area (Å²) in [7, 11) is 2.14. The number of hydrogen-bond acceptors (Lipinski definition) is 2. The number of amides is 1. The molecular weight excluding hydrogens is 470 g/mol. The number of nitrogens with zero attached hydrogens (tertiary/aromatic N) is 2. The Labute approximate surface area is 211 Å². The molecule has 0 spiro atoms. The van der Waals surface area contributed by atoms with Gasteiger partial charge in [-0.2, -0.15) is 0 Å². The maximum absolute atomic E-state index is 14.2. The lowest BCUT2D eigenvalue weighted by atomic mass is 9.88. The maximum atomic E-state index is 14.2. The Bertz CT molecular complexity index is 1220. The molecule has 2 atom stereocenters. The van der Waals surface area contributed by atoms with Gasteiger partial charge in [-0.1, -0.05) is 53.6 Å². The predicted octanol–water partition coefficient (Wildman–Crippen LogP) is 6.58. The van der Waals surface area contributed by atoms with Crippen LogP contribution in [0.15, 0.2) is 66.7 Å². The number of benzene rings is 3. The summed E-state index contributed by atoms with van der Waals surface area (Å²) in [6, 6.07) is 20.0. The number of carbonyl (C=O) groups is 1. The van der Waals surface area contributed by atoms with Gasteiger partial charge >= 0.3 is 0 Å². The van der Waals surface area contributed by atoms with Crippen LogP contribution in [0.25, 0.3) is 11.6 Å². The topological polar surface area (TPSA) is 23.6 Å². The zero-order valence-electron chi connectivity index (χ0n) is 19.2. The van der Waals surface area contributed by atoms with Crippen molar-refractivity contribution in [2.24, 2.45) is 0 Å². The number of piperidine rings is 1. The van der Waals surface area contributed by atoms with Crippen LogP contribution in [-0.4, -0.2) is 37.0 Å². The number of halogens is 3. The van der Waals surface area contributed by atoms with E-state index < -0.39 is 0 Å². The van der Waals surface area contributed by atoms with E-state index >= 15 is 0 Å². The SMILES string of the molecule is Cc1ccc2c(c1)C1CN(C)CCC1N2C(=O)/C(=C/c1ccc(Cl)cc1)c1ccc(F)cc1.Cl. The molecule has 0 saturated carbocycles. The first-order chi connectivity index (χ1) is 15.9. The molecule has 2 heterocycles. The summed E-state index contributed by atoms with van der Waals surface area (Å²) >= 11 is 6.06. The van der Waals surface area contributed by atoms with Gasteiger partial charge in [-0.25, -0.2) is 4.39 Å². The largest absolute Gasteiger partial charge is 0.306 e. The summed E-state index contributed by atoms with van der Waals surface area (Å²) in [4.78, 5) is 18.5. The lowest BCUT2D eigenvalue weighted by Gasteiger charge is -2.36. The van der Waals surface area contributed by atoms with Crippen molar-refractivity contribution in [3.63, 3.8) is 0 Å². The van der Waals surface area contributed by atoms with Crippen molar-refractivity contribution in [3.05, 3.63) is 99.8 Å². The summed E-state index contributed by atoms with van der Waals surface area (Å²) in [6.45, 7) is 3.97. The van der Waals surface area contributed by atoms with Crippen molar-refractivity contribution in [3.8, 4) is 0 Å². The fourth-order valence-corrected chi connectivity index (χ4v) is 5.23. The quantitative estimate of drug-likeness (QED) is 0.301. The fraction of sp³-hybridized carbons (Fsp3) is 0.250. The molecule has 2 aliphatic heterocycles. The maximum Gasteiger partial charge on any atom is 0.259 e. The monoisotopic (exact) mass is 496 g/mol. The number of carbonyl (C=O) groups excluding carboxylic acids is 1. The highest BCUT2D eigenvalue weighted by Crippen LogP contribution is 2.46. The first kappa shape index (κ1) is 24.5. The van der Waals surface area contributed by atoms with Gasteiger partial charge in [0.2, 0.25) is 0 Å². The van der Waals surface area contributed by atoms with Crippen LogP contribution in [0.3, 0.4) is 0 Å². The second-order valence-electron chi connectivity index (χ2n) is 9.08. The summed E-state index contributed by atoms with van der Waals surface area (Å²) < 4.78 is 13.7. The Morgan fingerprint density at radius 1 is 1.06 bits per heavy atom. The lowest BCUT2D eigenvalue weighted by molar-refractivity contribution is -0.113. The minimum atomic E-state index is -0.325. The van der Waals surface area contributed by atoms with Gasteiger partial charge in [-0.05, 0) is 80.0 Å². The van der Waals surface area contributed by atoms with Crippen molar-refractivity contribution in [1.29, 1.82) is 0 Å². The average molecular weight is 497 g/mol. The molecule has 3 nitrogen and oxygen atoms in total. The van der Waals surface area contributed by atoms with Crippen molar-refractivity contribution < 1.29 is 9.18 Å². The van der Waals surface area contributed by atoms with Gasteiger partial charge in [0, 0.05) is 34.8 Å². The van der Waals surface area contributed by atoms with E-state index in [4.69, 9.17) is 11.6 Å².